The van der Waals surface area contributed by atoms with E-state index in [1.807, 2.05) is 13.8 Å². The van der Waals surface area contributed by atoms with Crippen molar-refractivity contribution in [1.82, 2.24) is 5.32 Å². The molecule has 3 heteroatoms. The van der Waals surface area contributed by atoms with Crippen LogP contribution in [0.2, 0.25) is 0 Å². The lowest BCUT2D eigenvalue weighted by Crippen LogP contribution is -2.33. The van der Waals surface area contributed by atoms with Crippen molar-refractivity contribution in [3.05, 3.63) is 29.3 Å². The summed E-state index contributed by atoms with van der Waals surface area (Å²) in [6.07, 6.45) is 1.81. The Bertz CT molecular complexity index is 417. The van der Waals surface area contributed by atoms with Gasteiger partial charge in [0.05, 0.1) is 12.7 Å². The van der Waals surface area contributed by atoms with E-state index in [4.69, 9.17) is 4.74 Å². The average molecular weight is 263 g/mol. The molecule has 2 rings (SSSR count). The molecule has 1 aromatic carbocycles. The molecular formula is C16H25NO2. The van der Waals surface area contributed by atoms with Gasteiger partial charge in [0.15, 0.2) is 0 Å². The molecule has 0 saturated heterocycles. The average Bonchev–Trinajstić information content (AvgIpc) is 2.59. The van der Waals surface area contributed by atoms with Crippen molar-refractivity contribution < 1.29 is 9.84 Å². The van der Waals surface area contributed by atoms with Gasteiger partial charge in [0.25, 0.3) is 0 Å². The molecule has 1 heterocycles. The molecule has 0 aliphatic carbocycles. The van der Waals surface area contributed by atoms with Crippen molar-refractivity contribution in [1.29, 1.82) is 0 Å². The van der Waals surface area contributed by atoms with Crippen LogP contribution in [0.1, 0.15) is 43.9 Å². The second-order valence-electron chi connectivity index (χ2n) is 5.76. The maximum Gasteiger partial charge on any atom is 0.126 e. The van der Waals surface area contributed by atoms with Crippen molar-refractivity contribution in [3.63, 3.8) is 0 Å². The van der Waals surface area contributed by atoms with E-state index in [2.05, 4.69) is 30.4 Å². The highest BCUT2D eigenvalue weighted by molar-refractivity contribution is 5.43. The molecular weight excluding hydrogens is 238 g/mol. The lowest BCUT2D eigenvalue weighted by Gasteiger charge is -2.22. The highest BCUT2D eigenvalue weighted by Gasteiger charge is 2.21. The van der Waals surface area contributed by atoms with Gasteiger partial charge in [0, 0.05) is 18.2 Å². The van der Waals surface area contributed by atoms with Crippen LogP contribution in [0.15, 0.2) is 18.2 Å². The Morgan fingerprint density at radius 3 is 2.95 bits per heavy atom. The molecule has 0 saturated carbocycles. The van der Waals surface area contributed by atoms with Crippen LogP contribution >= 0.6 is 0 Å². The largest absolute Gasteiger partial charge is 0.493 e. The molecule has 2 N–H and O–H groups in total. The Balaban J connectivity index is 2.11. The van der Waals surface area contributed by atoms with Crippen LogP contribution in [0.4, 0.5) is 0 Å². The van der Waals surface area contributed by atoms with Crippen molar-refractivity contribution in [2.45, 2.75) is 45.8 Å². The number of hydrogen-bond donors (Lipinski definition) is 2. The number of hydrogen-bond acceptors (Lipinski definition) is 3. The third-order valence-electron chi connectivity index (χ3n) is 3.84. The summed E-state index contributed by atoms with van der Waals surface area (Å²) in [6, 6.07) is 6.58. The molecule has 0 radical (unpaired) electrons. The Labute approximate surface area is 116 Å². The minimum Gasteiger partial charge on any atom is -0.493 e. The van der Waals surface area contributed by atoms with Crippen LogP contribution in [0.5, 0.6) is 5.75 Å². The molecule has 0 aromatic heterocycles. The van der Waals surface area contributed by atoms with Crippen molar-refractivity contribution >= 4 is 0 Å². The number of ether oxygens (including phenoxy) is 1. The zero-order chi connectivity index (χ0) is 13.8. The maximum absolute atomic E-state index is 9.94. The molecule has 0 spiro atoms. The van der Waals surface area contributed by atoms with Crippen LogP contribution < -0.4 is 10.1 Å². The minimum atomic E-state index is -0.294. The van der Waals surface area contributed by atoms with Crippen molar-refractivity contribution in [2.75, 3.05) is 13.2 Å². The SMILES string of the molecule is Cc1cccc2c1OCCCC2NCC(O)C(C)C. The lowest BCUT2D eigenvalue weighted by molar-refractivity contribution is 0.119. The number of rotatable bonds is 4. The third-order valence-corrected chi connectivity index (χ3v) is 3.84. The first-order valence-corrected chi connectivity index (χ1v) is 7.23. The molecule has 0 fully saturated rings. The van der Waals surface area contributed by atoms with Gasteiger partial charge in [-0.15, -0.1) is 0 Å². The topological polar surface area (TPSA) is 41.5 Å². The van der Waals surface area contributed by atoms with E-state index >= 15 is 0 Å². The van der Waals surface area contributed by atoms with Gasteiger partial charge in [0.2, 0.25) is 0 Å². The third kappa shape index (κ3) is 3.48. The number of aryl methyl sites for hydroxylation is 1. The number of nitrogens with one attached hydrogen (secondary N) is 1. The fraction of sp³-hybridized carbons (Fsp3) is 0.625. The molecule has 106 valence electrons. The number of aliphatic hydroxyl groups excluding tert-OH is 1. The first-order valence-electron chi connectivity index (χ1n) is 7.23. The predicted octanol–water partition coefficient (Wildman–Crippen LogP) is 2.82. The Hall–Kier alpha value is -1.06. The van der Waals surface area contributed by atoms with Gasteiger partial charge < -0.3 is 15.2 Å². The molecule has 19 heavy (non-hydrogen) atoms. The summed E-state index contributed by atoms with van der Waals surface area (Å²) in [4.78, 5) is 0. The van der Waals surface area contributed by atoms with Gasteiger partial charge in [-0.3, -0.25) is 0 Å². The zero-order valence-electron chi connectivity index (χ0n) is 12.1. The van der Waals surface area contributed by atoms with Crippen LogP contribution in [0.3, 0.4) is 0 Å². The zero-order valence-corrected chi connectivity index (χ0v) is 12.1. The Morgan fingerprint density at radius 1 is 1.42 bits per heavy atom. The molecule has 2 atom stereocenters. The summed E-state index contributed by atoms with van der Waals surface area (Å²) in [7, 11) is 0. The second kappa shape index (κ2) is 6.40. The summed E-state index contributed by atoms with van der Waals surface area (Å²) < 4.78 is 5.86. The van der Waals surface area contributed by atoms with Crippen molar-refractivity contribution in [2.24, 2.45) is 5.92 Å². The number of para-hydroxylation sites is 1. The second-order valence-corrected chi connectivity index (χ2v) is 5.76. The molecule has 0 bridgehead atoms. The van der Waals surface area contributed by atoms with E-state index < -0.39 is 0 Å². The molecule has 3 nitrogen and oxygen atoms in total. The normalized spacial score (nSPS) is 20.6. The molecule has 1 aliphatic rings. The van der Waals surface area contributed by atoms with Crippen LogP contribution in [0.25, 0.3) is 0 Å². The minimum absolute atomic E-state index is 0.283. The standard InChI is InChI=1S/C16H25NO2/c1-11(2)15(18)10-17-14-8-5-9-19-16-12(3)6-4-7-13(14)16/h4,6-7,11,14-15,17-18H,5,8-10H2,1-3H3. The predicted molar refractivity (Wildman–Crippen MR) is 77.5 cm³/mol. The van der Waals surface area contributed by atoms with Crippen LogP contribution in [0, 0.1) is 12.8 Å². The quantitative estimate of drug-likeness (QED) is 0.877. The summed E-state index contributed by atoms with van der Waals surface area (Å²) in [5.41, 5.74) is 2.42. The summed E-state index contributed by atoms with van der Waals surface area (Å²) >= 11 is 0. The van der Waals surface area contributed by atoms with Gasteiger partial charge in [-0.05, 0) is 31.2 Å². The number of aliphatic hydroxyl groups is 1. The first-order chi connectivity index (χ1) is 9.09. The van der Waals surface area contributed by atoms with Gasteiger partial charge >= 0.3 is 0 Å². The maximum atomic E-state index is 9.94. The van der Waals surface area contributed by atoms with E-state index in [1.54, 1.807) is 0 Å². The molecule has 1 aliphatic heterocycles. The fourth-order valence-electron chi connectivity index (χ4n) is 2.47. The van der Waals surface area contributed by atoms with Crippen LogP contribution in [-0.4, -0.2) is 24.4 Å². The smallest absolute Gasteiger partial charge is 0.126 e. The van der Waals surface area contributed by atoms with E-state index in [0.29, 0.717) is 6.54 Å². The summed E-state index contributed by atoms with van der Waals surface area (Å²) in [6.45, 7) is 7.59. The van der Waals surface area contributed by atoms with Crippen LogP contribution in [-0.2, 0) is 0 Å². The fourth-order valence-corrected chi connectivity index (χ4v) is 2.47. The van der Waals surface area contributed by atoms with Gasteiger partial charge in [-0.1, -0.05) is 32.0 Å². The number of benzene rings is 1. The highest BCUT2D eigenvalue weighted by Crippen LogP contribution is 2.33. The molecule has 0 amide bonds. The molecule has 1 aromatic rings. The monoisotopic (exact) mass is 263 g/mol. The van der Waals surface area contributed by atoms with E-state index in [0.717, 1.165) is 25.2 Å². The highest BCUT2D eigenvalue weighted by atomic mass is 16.5. The van der Waals surface area contributed by atoms with Gasteiger partial charge in [-0.2, -0.15) is 0 Å². The summed E-state index contributed by atoms with van der Waals surface area (Å²) in [5, 5.41) is 13.4. The van der Waals surface area contributed by atoms with E-state index in [9.17, 15) is 5.11 Å². The van der Waals surface area contributed by atoms with Gasteiger partial charge in [-0.25, -0.2) is 0 Å². The van der Waals surface area contributed by atoms with E-state index in [-0.39, 0.29) is 18.1 Å². The first kappa shape index (κ1) is 14.4. The molecule has 2 unspecified atom stereocenters. The van der Waals surface area contributed by atoms with E-state index in [1.165, 1.54) is 11.1 Å². The Kier molecular flexibility index (Phi) is 4.83. The Morgan fingerprint density at radius 2 is 2.21 bits per heavy atom. The van der Waals surface area contributed by atoms with Gasteiger partial charge in [0.1, 0.15) is 5.75 Å². The lowest BCUT2D eigenvalue weighted by atomic mass is 9.99. The number of fused-ring (bicyclic) bond motifs is 1. The van der Waals surface area contributed by atoms with Crippen molar-refractivity contribution in [3.8, 4) is 5.75 Å². The summed E-state index contributed by atoms with van der Waals surface area (Å²) in [5.74, 6) is 1.31.